The molecule has 2 aromatic rings. The van der Waals surface area contributed by atoms with Crippen LogP contribution in [0.4, 0.5) is 0 Å². The van der Waals surface area contributed by atoms with Gasteiger partial charge >= 0.3 is 0 Å². The molecule has 8 nitrogen and oxygen atoms in total. The molecule has 3 rings (SSSR count). The first-order valence-electron chi connectivity index (χ1n) is 9.25. The van der Waals surface area contributed by atoms with Crippen LogP contribution in [0.15, 0.2) is 58.3 Å². The maximum Gasteiger partial charge on any atom is 0.297 e. The quantitative estimate of drug-likeness (QED) is 0.586. The molecule has 2 aromatic carbocycles. The Morgan fingerprint density at radius 2 is 1.20 bits per heavy atom. The van der Waals surface area contributed by atoms with Crippen LogP contribution >= 0.6 is 0 Å². The number of hydrogen-bond acceptors (Lipinski definition) is 8. The van der Waals surface area contributed by atoms with Crippen LogP contribution in [0, 0.1) is 13.8 Å². The molecule has 1 saturated heterocycles. The Morgan fingerprint density at radius 1 is 0.767 bits per heavy atom. The minimum absolute atomic E-state index is 0.0182. The number of aryl methyl sites for hydroxylation is 2. The van der Waals surface area contributed by atoms with Gasteiger partial charge in [0.1, 0.15) is 12.2 Å². The van der Waals surface area contributed by atoms with Gasteiger partial charge in [0.15, 0.2) is 6.29 Å². The minimum atomic E-state index is -4.16. The van der Waals surface area contributed by atoms with Crippen molar-refractivity contribution in [3.05, 3.63) is 59.7 Å². The van der Waals surface area contributed by atoms with E-state index in [4.69, 9.17) is 17.8 Å². The zero-order valence-electron chi connectivity index (χ0n) is 16.8. The normalized spacial score (nSPS) is 22.7. The summed E-state index contributed by atoms with van der Waals surface area (Å²) in [5.74, 6) is 0. The van der Waals surface area contributed by atoms with Gasteiger partial charge in [-0.05, 0) is 38.1 Å². The third kappa shape index (κ3) is 5.45. The van der Waals surface area contributed by atoms with Crippen LogP contribution in [0.25, 0.3) is 0 Å². The van der Waals surface area contributed by atoms with Crippen LogP contribution in [0.5, 0.6) is 0 Å². The molecule has 0 saturated carbocycles. The highest BCUT2D eigenvalue weighted by molar-refractivity contribution is 7.87. The van der Waals surface area contributed by atoms with E-state index >= 15 is 0 Å². The predicted molar refractivity (Wildman–Crippen MR) is 108 cm³/mol. The van der Waals surface area contributed by atoms with Crippen molar-refractivity contribution in [1.82, 2.24) is 0 Å². The Morgan fingerprint density at radius 3 is 1.63 bits per heavy atom. The summed E-state index contributed by atoms with van der Waals surface area (Å²) < 4.78 is 72.0. The Kier molecular flexibility index (Phi) is 6.95. The highest BCUT2D eigenvalue weighted by Crippen LogP contribution is 2.27. The maximum atomic E-state index is 12.7. The van der Waals surface area contributed by atoms with Gasteiger partial charge in [0.05, 0.1) is 16.4 Å². The molecule has 0 radical (unpaired) electrons. The molecule has 0 bridgehead atoms. The molecule has 0 amide bonds. The number of rotatable bonds is 7. The van der Waals surface area contributed by atoms with E-state index in [2.05, 4.69) is 0 Å². The van der Waals surface area contributed by atoms with Gasteiger partial charge in [-0.1, -0.05) is 35.4 Å². The summed E-state index contributed by atoms with van der Waals surface area (Å²) in [7, 11) is -6.91. The van der Waals surface area contributed by atoms with Gasteiger partial charge in [-0.25, -0.2) is 0 Å². The molecule has 30 heavy (non-hydrogen) atoms. The van der Waals surface area contributed by atoms with Crippen LogP contribution in [0.2, 0.25) is 0 Å². The van der Waals surface area contributed by atoms with Crippen molar-refractivity contribution in [2.75, 3.05) is 13.7 Å². The second-order valence-corrected chi connectivity index (χ2v) is 10.2. The van der Waals surface area contributed by atoms with E-state index in [9.17, 15) is 16.8 Å². The molecule has 3 atom stereocenters. The molecule has 164 valence electrons. The lowest BCUT2D eigenvalue weighted by Crippen LogP contribution is -2.46. The van der Waals surface area contributed by atoms with E-state index in [1.54, 1.807) is 24.3 Å². The highest BCUT2D eigenvalue weighted by atomic mass is 32.2. The SMILES string of the molecule is CO[C@H]1C[C@@H](OS(=O)(=O)c2ccc(C)cc2)[C@H](OS(=O)(=O)c2ccc(C)cc2)CO1. The molecular weight excluding hydrogens is 432 g/mol. The second-order valence-electron chi connectivity index (χ2n) is 7.04. The third-order valence-electron chi connectivity index (χ3n) is 4.67. The average molecular weight is 457 g/mol. The first kappa shape index (κ1) is 22.9. The summed E-state index contributed by atoms with van der Waals surface area (Å²) in [5.41, 5.74) is 1.79. The molecule has 1 fully saturated rings. The Labute approximate surface area is 177 Å². The number of hydrogen-bond donors (Lipinski definition) is 0. The lowest BCUT2D eigenvalue weighted by Gasteiger charge is -2.34. The Hall–Kier alpha value is -1.82. The standard InChI is InChI=1S/C20H24O8S2/c1-14-4-8-16(9-5-14)29(21,22)27-18-12-20(25-3)26-13-19(18)28-30(23,24)17-10-6-15(2)7-11-17/h4-11,18-20H,12-13H2,1-3H3/t18-,19-,20-/m1/s1. The van der Waals surface area contributed by atoms with Gasteiger partial charge in [-0.3, -0.25) is 8.37 Å². The van der Waals surface area contributed by atoms with Crippen molar-refractivity contribution in [3.63, 3.8) is 0 Å². The predicted octanol–water partition coefficient (Wildman–Crippen LogP) is 2.54. The minimum Gasteiger partial charge on any atom is -0.356 e. The van der Waals surface area contributed by atoms with Crippen molar-refractivity contribution in [3.8, 4) is 0 Å². The largest absolute Gasteiger partial charge is 0.356 e. The van der Waals surface area contributed by atoms with E-state index in [1.807, 2.05) is 13.8 Å². The fraction of sp³-hybridized carbons (Fsp3) is 0.400. The summed E-state index contributed by atoms with van der Waals surface area (Å²) in [4.78, 5) is -0.0733. The van der Waals surface area contributed by atoms with Gasteiger partial charge < -0.3 is 9.47 Å². The summed E-state index contributed by atoms with van der Waals surface area (Å²) >= 11 is 0. The van der Waals surface area contributed by atoms with Gasteiger partial charge in [-0.2, -0.15) is 16.8 Å². The zero-order valence-corrected chi connectivity index (χ0v) is 18.5. The van der Waals surface area contributed by atoms with Gasteiger partial charge in [0.2, 0.25) is 0 Å². The first-order valence-corrected chi connectivity index (χ1v) is 12.1. The molecule has 0 spiro atoms. The monoisotopic (exact) mass is 456 g/mol. The number of methoxy groups -OCH3 is 1. The molecule has 1 aliphatic rings. The summed E-state index contributed by atoms with van der Waals surface area (Å²) in [6, 6.07) is 12.3. The zero-order chi connectivity index (χ0) is 21.9. The highest BCUT2D eigenvalue weighted by Gasteiger charge is 2.39. The topological polar surface area (TPSA) is 105 Å². The second kappa shape index (κ2) is 9.13. The Bertz CT molecular complexity index is 1060. The molecular formula is C20H24O8S2. The van der Waals surface area contributed by atoms with Gasteiger partial charge in [-0.15, -0.1) is 0 Å². The molecule has 0 N–H and O–H groups in total. The molecule has 10 heteroatoms. The van der Waals surface area contributed by atoms with E-state index in [0.29, 0.717) is 0 Å². The van der Waals surface area contributed by atoms with E-state index in [0.717, 1.165) is 11.1 Å². The maximum absolute atomic E-state index is 12.7. The van der Waals surface area contributed by atoms with Crippen LogP contribution in [0.3, 0.4) is 0 Å². The van der Waals surface area contributed by atoms with E-state index in [1.165, 1.54) is 31.4 Å². The third-order valence-corrected chi connectivity index (χ3v) is 7.37. The van der Waals surface area contributed by atoms with Crippen LogP contribution in [-0.4, -0.2) is 49.1 Å². The fourth-order valence-electron chi connectivity index (χ4n) is 2.92. The molecule has 1 heterocycles. The molecule has 0 unspecified atom stereocenters. The average Bonchev–Trinajstić information content (AvgIpc) is 2.69. The van der Waals surface area contributed by atoms with E-state index in [-0.39, 0.29) is 22.8 Å². The van der Waals surface area contributed by atoms with Crippen LogP contribution < -0.4 is 0 Å². The van der Waals surface area contributed by atoms with Crippen molar-refractivity contribution in [2.45, 2.75) is 48.6 Å². The summed E-state index contributed by atoms with van der Waals surface area (Å²) in [6.45, 7) is 3.45. The summed E-state index contributed by atoms with van der Waals surface area (Å²) in [5, 5.41) is 0. The fourth-order valence-corrected chi connectivity index (χ4v) is 5.11. The van der Waals surface area contributed by atoms with Crippen molar-refractivity contribution >= 4 is 20.2 Å². The van der Waals surface area contributed by atoms with Crippen molar-refractivity contribution < 1.29 is 34.7 Å². The smallest absolute Gasteiger partial charge is 0.297 e. The van der Waals surface area contributed by atoms with Gasteiger partial charge in [0.25, 0.3) is 20.2 Å². The molecule has 0 aliphatic carbocycles. The number of ether oxygens (including phenoxy) is 2. The Balaban J connectivity index is 1.83. The lowest BCUT2D eigenvalue weighted by molar-refractivity contribution is -0.195. The van der Waals surface area contributed by atoms with Crippen molar-refractivity contribution in [2.24, 2.45) is 0 Å². The van der Waals surface area contributed by atoms with Crippen molar-refractivity contribution in [1.29, 1.82) is 0 Å². The van der Waals surface area contributed by atoms with Crippen LogP contribution in [-0.2, 0) is 38.1 Å². The number of benzene rings is 2. The van der Waals surface area contributed by atoms with E-state index < -0.39 is 38.7 Å². The lowest BCUT2D eigenvalue weighted by atomic mass is 10.1. The molecule has 1 aliphatic heterocycles. The first-order chi connectivity index (χ1) is 14.1. The van der Waals surface area contributed by atoms with Crippen LogP contribution in [0.1, 0.15) is 17.5 Å². The molecule has 0 aromatic heterocycles. The summed E-state index contributed by atoms with van der Waals surface area (Å²) in [6.07, 6.45) is -3.04. The van der Waals surface area contributed by atoms with Gasteiger partial charge in [0, 0.05) is 13.5 Å².